The number of anilines is 2. The lowest BCUT2D eigenvalue weighted by molar-refractivity contribution is -0.117. The van der Waals surface area contributed by atoms with Gasteiger partial charge in [0, 0.05) is 49.8 Å². The van der Waals surface area contributed by atoms with Crippen molar-refractivity contribution in [3.05, 3.63) is 18.3 Å². The van der Waals surface area contributed by atoms with Crippen LogP contribution in [0.3, 0.4) is 0 Å². The SMILES string of the molecule is CC(C)(C)OC(=O)N1CCN(c2ccc(N3CC(S(=O)(=O)Cl)CC3=O)nc2)CC1. The summed E-state index contributed by atoms with van der Waals surface area (Å²) in [6.07, 6.45) is 1.19. The van der Waals surface area contributed by atoms with Gasteiger partial charge in [0.15, 0.2) is 0 Å². The van der Waals surface area contributed by atoms with Gasteiger partial charge in [0.05, 0.1) is 11.9 Å². The summed E-state index contributed by atoms with van der Waals surface area (Å²) in [5.41, 5.74) is 0.341. The summed E-state index contributed by atoms with van der Waals surface area (Å²) in [5, 5.41) is -0.918. The van der Waals surface area contributed by atoms with Crippen molar-refractivity contribution in [3.8, 4) is 0 Å². The number of amides is 2. The third kappa shape index (κ3) is 5.30. The molecule has 3 heterocycles. The van der Waals surface area contributed by atoms with Crippen molar-refractivity contribution in [2.45, 2.75) is 38.0 Å². The first-order chi connectivity index (χ1) is 13.4. The summed E-state index contributed by atoms with van der Waals surface area (Å²) in [5.74, 6) is 0.0828. The molecule has 3 rings (SSSR count). The van der Waals surface area contributed by atoms with Gasteiger partial charge in [0.25, 0.3) is 0 Å². The zero-order valence-corrected chi connectivity index (χ0v) is 18.2. The molecule has 2 saturated heterocycles. The number of nitrogens with zero attached hydrogens (tertiary/aromatic N) is 4. The van der Waals surface area contributed by atoms with Crippen LogP contribution < -0.4 is 9.80 Å². The number of piperazine rings is 1. The molecule has 29 heavy (non-hydrogen) atoms. The Bertz CT molecular complexity index is 877. The van der Waals surface area contributed by atoms with Crippen molar-refractivity contribution in [2.24, 2.45) is 0 Å². The normalized spacial score (nSPS) is 20.9. The summed E-state index contributed by atoms with van der Waals surface area (Å²) in [6.45, 7) is 7.86. The Kier molecular flexibility index (Phi) is 5.96. The summed E-state index contributed by atoms with van der Waals surface area (Å²) < 4.78 is 28.4. The van der Waals surface area contributed by atoms with Gasteiger partial charge < -0.3 is 14.5 Å². The molecule has 1 aromatic heterocycles. The highest BCUT2D eigenvalue weighted by Crippen LogP contribution is 2.27. The molecule has 2 aliphatic heterocycles. The Balaban J connectivity index is 1.59. The van der Waals surface area contributed by atoms with E-state index >= 15 is 0 Å². The van der Waals surface area contributed by atoms with Crippen LogP contribution in [0.25, 0.3) is 0 Å². The van der Waals surface area contributed by atoms with Crippen LogP contribution in [0.15, 0.2) is 18.3 Å². The maximum absolute atomic E-state index is 12.2. The molecule has 2 fully saturated rings. The second-order valence-corrected chi connectivity index (χ2v) is 11.0. The van der Waals surface area contributed by atoms with Crippen LogP contribution in [0.1, 0.15) is 27.2 Å². The molecule has 11 heteroatoms. The number of halogens is 1. The summed E-state index contributed by atoms with van der Waals surface area (Å²) in [6, 6.07) is 3.53. The molecule has 0 radical (unpaired) electrons. The van der Waals surface area contributed by atoms with Gasteiger partial charge in [-0.1, -0.05) is 0 Å². The molecule has 1 atom stereocenters. The number of rotatable bonds is 3. The van der Waals surface area contributed by atoms with E-state index in [9.17, 15) is 18.0 Å². The fraction of sp³-hybridized carbons (Fsp3) is 0.611. The number of pyridine rings is 1. The Morgan fingerprint density at radius 1 is 1.21 bits per heavy atom. The first-order valence-corrected chi connectivity index (χ1v) is 11.7. The van der Waals surface area contributed by atoms with Crippen molar-refractivity contribution >= 4 is 43.2 Å². The lowest BCUT2D eigenvalue weighted by Gasteiger charge is -2.36. The third-order valence-electron chi connectivity index (χ3n) is 4.79. The number of ether oxygens (including phenoxy) is 1. The molecule has 0 N–H and O–H groups in total. The van der Waals surface area contributed by atoms with E-state index in [1.54, 1.807) is 17.2 Å². The molecule has 0 aromatic carbocycles. The maximum atomic E-state index is 12.2. The third-order valence-corrected chi connectivity index (χ3v) is 6.66. The smallest absolute Gasteiger partial charge is 0.410 e. The van der Waals surface area contributed by atoms with Gasteiger partial charge >= 0.3 is 6.09 Å². The molecule has 9 nitrogen and oxygen atoms in total. The van der Waals surface area contributed by atoms with Crippen LogP contribution in [0.5, 0.6) is 0 Å². The van der Waals surface area contributed by atoms with E-state index in [-0.39, 0.29) is 25.0 Å². The lowest BCUT2D eigenvalue weighted by atomic mass is 10.2. The van der Waals surface area contributed by atoms with E-state index in [2.05, 4.69) is 9.88 Å². The highest BCUT2D eigenvalue weighted by molar-refractivity contribution is 8.14. The highest BCUT2D eigenvalue weighted by Gasteiger charge is 2.38. The average molecular weight is 445 g/mol. The second kappa shape index (κ2) is 7.98. The molecule has 0 aliphatic carbocycles. The number of hydrogen-bond acceptors (Lipinski definition) is 7. The molecule has 2 amide bonds. The van der Waals surface area contributed by atoms with Crippen molar-refractivity contribution < 1.29 is 22.7 Å². The van der Waals surface area contributed by atoms with Crippen LogP contribution in [0, 0.1) is 0 Å². The average Bonchev–Trinajstić information content (AvgIpc) is 3.03. The first-order valence-electron chi connectivity index (χ1n) is 9.37. The van der Waals surface area contributed by atoms with Gasteiger partial charge in [-0.15, -0.1) is 0 Å². The topological polar surface area (TPSA) is 100 Å². The predicted octanol–water partition coefficient (Wildman–Crippen LogP) is 1.81. The van der Waals surface area contributed by atoms with E-state index in [0.29, 0.717) is 32.0 Å². The molecular formula is C18H25ClN4O5S. The molecule has 0 saturated carbocycles. The van der Waals surface area contributed by atoms with E-state index in [1.165, 1.54) is 4.90 Å². The minimum absolute atomic E-state index is 0.00553. The van der Waals surface area contributed by atoms with Crippen molar-refractivity contribution in [3.63, 3.8) is 0 Å². The van der Waals surface area contributed by atoms with E-state index < -0.39 is 19.9 Å². The maximum Gasteiger partial charge on any atom is 0.410 e. The van der Waals surface area contributed by atoms with Crippen molar-refractivity contribution in [1.82, 2.24) is 9.88 Å². The van der Waals surface area contributed by atoms with Crippen LogP contribution in [-0.2, 0) is 18.6 Å². The molecule has 0 spiro atoms. The minimum Gasteiger partial charge on any atom is -0.444 e. The Labute approximate surface area is 175 Å². The number of carbonyl (C=O) groups excluding carboxylic acids is 2. The van der Waals surface area contributed by atoms with Gasteiger partial charge in [0.1, 0.15) is 16.7 Å². The van der Waals surface area contributed by atoms with E-state index in [0.717, 1.165) is 5.69 Å². The van der Waals surface area contributed by atoms with Crippen LogP contribution in [0.2, 0.25) is 0 Å². The number of aromatic nitrogens is 1. The Morgan fingerprint density at radius 2 is 1.86 bits per heavy atom. The standard InChI is InChI=1S/C18H25ClN4O5S/c1-18(2,3)28-17(25)22-8-6-21(7-9-22)13-4-5-15(20-11-13)23-12-14(10-16(23)24)29(19,26)27/h4-5,11,14H,6-10,12H2,1-3H3. The molecule has 1 aromatic rings. The highest BCUT2D eigenvalue weighted by atomic mass is 35.7. The largest absolute Gasteiger partial charge is 0.444 e. The molecule has 0 bridgehead atoms. The summed E-state index contributed by atoms with van der Waals surface area (Å²) in [7, 11) is 1.59. The van der Waals surface area contributed by atoms with Gasteiger partial charge in [0.2, 0.25) is 15.0 Å². The van der Waals surface area contributed by atoms with Gasteiger partial charge in [-0.3, -0.25) is 9.69 Å². The fourth-order valence-electron chi connectivity index (χ4n) is 3.28. The molecule has 160 valence electrons. The van der Waals surface area contributed by atoms with E-state index in [4.69, 9.17) is 15.4 Å². The zero-order chi connectivity index (χ0) is 21.4. The lowest BCUT2D eigenvalue weighted by Crippen LogP contribution is -2.50. The predicted molar refractivity (Wildman–Crippen MR) is 110 cm³/mol. The van der Waals surface area contributed by atoms with Gasteiger partial charge in [-0.2, -0.15) is 0 Å². The number of hydrogen-bond donors (Lipinski definition) is 0. The molecular weight excluding hydrogens is 420 g/mol. The first kappa shape index (κ1) is 21.6. The molecule has 1 unspecified atom stereocenters. The second-order valence-electron chi connectivity index (χ2n) is 8.14. The number of carbonyl (C=O) groups is 2. The fourth-order valence-corrected chi connectivity index (χ4v) is 4.31. The van der Waals surface area contributed by atoms with Crippen LogP contribution in [-0.4, -0.2) is 73.9 Å². The van der Waals surface area contributed by atoms with Crippen LogP contribution >= 0.6 is 10.7 Å². The van der Waals surface area contributed by atoms with Gasteiger partial charge in [-0.05, 0) is 32.9 Å². The summed E-state index contributed by atoms with van der Waals surface area (Å²) >= 11 is 0. The monoisotopic (exact) mass is 444 g/mol. The quantitative estimate of drug-likeness (QED) is 0.655. The summed E-state index contributed by atoms with van der Waals surface area (Å²) in [4.78, 5) is 33.7. The van der Waals surface area contributed by atoms with Gasteiger partial charge in [-0.25, -0.2) is 18.2 Å². The van der Waals surface area contributed by atoms with Crippen molar-refractivity contribution in [2.75, 3.05) is 42.5 Å². The van der Waals surface area contributed by atoms with Crippen molar-refractivity contribution in [1.29, 1.82) is 0 Å². The van der Waals surface area contributed by atoms with Crippen LogP contribution in [0.4, 0.5) is 16.3 Å². The Hall–Kier alpha value is -2.07. The van der Waals surface area contributed by atoms with E-state index in [1.807, 2.05) is 26.8 Å². The Morgan fingerprint density at radius 3 is 2.34 bits per heavy atom. The molecule has 2 aliphatic rings. The minimum atomic E-state index is -3.79. The zero-order valence-electron chi connectivity index (χ0n) is 16.7.